The Morgan fingerprint density at radius 3 is 2.81 bits per heavy atom. The van der Waals surface area contributed by atoms with Gasteiger partial charge in [-0.25, -0.2) is 4.98 Å². The number of rotatable bonds is 7. The van der Waals surface area contributed by atoms with Crippen LogP contribution in [0.25, 0.3) is 5.70 Å². The molecule has 0 bridgehead atoms. The molecule has 142 valence electrons. The molecule has 1 aliphatic rings. The molecule has 2 atom stereocenters. The zero-order valence-electron chi connectivity index (χ0n) is 15.3. The molecule has 0 aromatic carbocycles. The predicted octanol–water partition coefficient (Wildman–Crippen LogP) is 0.803. The van der Waals surface area contributed by atoms with E-state index in [1.165, 1.54) is 6.20 Å². The van der Waals surface area contributed by atoms with Crippen molar-refractivity contribution >= 4 is 23.4 Å². The minimum Gasteiger partial charge on any atom is -0.365 e. The van der Waals surface area contributed by atoms with Gasteiger partial charge in [0.05, 0.1) is 18.1 Å². The number of amides is 1. The Morgan fingerprint density at radius 2 is 2.15 bits per heavy atom. The molecule has 2 aromatic heterocycles. The number of aromatic nitrogens is 5. The zero-order chi connectivity index (χ0) is 19.4. The van der Waals surface area contributed by atoms with Gasteiger partial charge >= 0.3 is 0 Å². The first-order valence-corrected chi connectivity index (χ1v) is 8.65. The first-order valence-electron chi connectivity index (χ1n) is 8.65. The Labute approximate surface area is 156 Å². The summed E-state index contributed by atoms with van der Waals surface area (Å²) in [5, 5.41) is 14.6. The van der Waals surface area contributed by atoms with E-state index in [1.54, 1.807) is 17.2 Å². The number of nitrogens with one attached hydrogen (secondary N) is 2. The van der Waals surface area contributed by atoms with Gasteiger partial charge in [-0.3, -0.25) is 4.79 Å². The summed E-state index contributed by atoms with van der Waals surface area (Å²) >= 11 is 0. The van der Waals surface area contributed by atoms with Crippen molar-refractivity contribution in [2.24, 2.45) is 17.4 Å². The van der Waals surface area contributed by atoms with Crippen molar-refractivity contribution in [3.05, 3.63) is 42.0 Å². The van der Waals surface area contributed by atoms with Gasteiger partial charge in [-0.1, -0.05) is 13.0 Å². The van der Waals surface area contributed by atoms with Crippen molar-refractivity contribution in [3.63, 3.8) is 0 Å². The maximum Gasteiger partial charge on any atom is 0.254 e. The van der Waals surface area contributed by atoms with Crippen LogP contribution in [0.2, 0.25) is 0 Å². The zero-order valence-corrected chi connectivity index (χ0v) is 15.3. The van der Waals surface area contributed by atoms with Gasteiger partial charge in [0.15, 0.2) is 0 Å². The first kappa shape index (κ1) is 18.5. The van der Waals surface area contributed by atoms with Gasteiger partial charge in [0.25, 0.3) is 5.91 Å². The first-order chi connectivity index (χ1) is 13.0. The van der Waals surface area contributed by atoms with Crippen LogP contribution < -0.4 is 22.1 Å². The molecule has 2 heterocycles. The molecule has 6 N–H and O–H groups in total. The second-order valence-corrected chi connectivity index (χ2v) is 6.49. The van der Waals surface area contributed by atoms with Crippen LogP contribution in [0.5, 0.6) is 0 Å². The van der Waals surface area contributed by atoms with Gasteiger partial charge < -0.3 is 22.1 Å². The number of nitrogens with zero attached hydrogens (tertiary/aromatic N) is 5. The quantitative estimate of drug-likeness (QED) is 0.560. The number of hydrogen-bond donors (Lipinski definition) is 4. The predicted molar refractivity (Wildman–Crippen MR) is 102 cm³/mol. The van der Waals surface area contributed by atoms with Crippen LogP contribution in [0.15, 0.2) is 36.4 Å². The molecule has 0 spiro atoms. The number of anilines is 2. The molecule has 2 aromatic rings. The smallest absolute Gasteiger partial charge is 0.254 e. The standard InChI is InChI=1S/C17H23N9O/c1-10-5-12(7-13(6-10)26-21-3-4-22-26)24-16-14(15(19)27)9-20-17(25-16)23-11(2)8-18/h3-4,6-7,9-11H,5,8,18H2,1-2H3,(H2,19,27)(H2,20,23,24,25)/t10?,11-/m1/s1. The Balaban J connectivity index is 1.90. The number of allylic oxidation sites excluding steroid dienone is 4. The van der Waals surface area contributed by atoms with Gasteiger partial charge in [-0.05, 0) is 25.3 Å². The topological polar surface area (TPSA) is 150 Å². The minimum absolute atomic E-state index is 0.00776. The molecular weight excluding hydrogens is 346 g/mol. The number of carbonyl (C=O) groups is 1. The van der Waals surface area contributed by atoms with Crippen LogP contribution in [-0.2, 0) is 0 Å². The highest BCUT2D eigenvalue weighted by Gasteiger charge is 2.18. The molecule has 1 amide bonds. The second-order valence-electron chi connectivity index (χ2n) is 6.49. The van der Waals surface area contributed by atoms with E-state index in [2.05, 4.69) is 43.8 Å². The van der Waals surface area contributed by atoms with Crippen LogP contribution in [0, 0.1) is 5.92 Å². The highest BCUT2D eigenvalue weighted by atomic mass is 16.1. The molecule has 10 heteroatoms. The Morgan fingerprint density at radius 1 is 1.41 bits per heavy atom. The average molecular weight is 369 g/mol. The summed E-state index contributed by atoms with van der Waals surface area (Å²) < 4.78 is 0. The van der Waals surface area contributed by atoms with E-state index in [0.717, 1.165) is 17.8 Å². The summed E-state index contributed by atoms with van der Waals surface area (Å²) in [4.78, 5) is 21.9. The normalized spacial score (nSPS) is 17.7. The van der Waals surface area contributed by atoms with Crippen LogP contribution in [0.1, 0.15) is 30.6 Å². The third kappa shape index (κ3) is 4.47. The molecule has 0 fully saturated rings. The summed E-state index contributed by atoms with van der Waals surface area (Å²) in [6.07, 6.45) is 9.38. The summed E-state index contributed by atoms with van der Waals surface area (Å²) in [6.45, 7) is 4.43. The lowest BCUT2D eigenvalue weighted by molar-refractivity contribution is 0.100. The van der Waals surface area contributed by atoms with Crippen molar-refractivity contribution in [2.45, 2.75) is 26.3 Å². The van der Waals surface area contributed by atoms with Crippen LogP contribution in [0.3, 0.4) is 0 Å². The van der Waals surface area contributed by atoms with E-state index in [9.17, 15) is 4.79 Å². The molecule has 0 saturated heterocycles. The monoisotopic (exact) mass is 369 g/mol. The minimum atomic E-state index is -0.607. The Bertz CT molecular complexity index is 873. The fraction of sp³-hybridized carbons (Fsp3) is 0.353. The summed E-state index contributed by atoms with van der Waals surface area (Å²) in [6, 6.07) is -0.00776. The maximum absolute atomic E-state index is 11.8. The SMILES string of the molecule is CC1C=C(n2nccn2)C=C(Nc2nc(N[C@H](C)CN)ncc2C(N)=O)C1. The molecule has 0 radical (unpaired) electrons. The molecule has 3 rings (SSSR count). The molecule has 27 heavy (non-hydrogen) atoms. The molecule has 1 unspecified atom stereocenters. The third-order valence-electron chi connectivity index (χ3n) is 4.03. The highest BCUT2D eigenvalue weighted by molar-refractivity contribution is 5.97. The van der Waals surface area contributed by atoms with Crippen LogP contribution in [0.4, 0.5) is 11.8 Å². The summed E-state index contributed by atoms with van der Waals surface area (Å²) in [7, 11) is 0. The lowest BCUT2D eigenvalue weighted by atomic mass is 9.98. The van der Waals surface area contributed by atoms with Crippen LogP contribution in [-0.4, -0.2) is 43.5 Å². The lowest BCUT2D eigenvalue weighted by Crippen LogP contribution is -2.27. The summed E-state index contributed by atoms with van der Waals surface area (Å²) in [5.74, 6) is 0.365. The van der Waals surface area contributed by atoms with E-state index in [4.69, 9.17) is 11.5 Å². The van der Waals surface area contributed by atoms with Gasteiger partial charge in [0.1, 0.15) is 11.4 Å². The molecule has 10 nitrogen and oxygen atoms in total. The van der Waals surface area contributed by atoms with Crippen molar-refractivity contribution < 1.29 is 4.79 Å². The third-order valence-corrected chi connectivity index (χ3v) is 4.03. The van der Waals surface area contributed by atoms with Gasteiger partial charge in [0, 0.05) is 24.5 Å². The van der Waals surface area contributed by atoms with E-state index >= 15 is 0 Å². The van der Waals surface area contributed by atoms with Gasteiger partial charge in [-0.15, -0.1) is 0 Å². The Kier molecular flexibility index (Phi) is 5.46. The van der Waals surface area contributed by atoms with Crippen molar-refractivity contribution in [2.75, 3.05) is 17.2 Å². The maximum atomic E-state index is 11.8. The Hall–Kier alpha value is -3.27. The number of primary amides is 1. The average Bonchev–Trinajstić information content (AvgIpc) is 3.16. The van der Waals surface area contributed by atoms with Crippen molar-refractivity contribution in [3.8, 4) is 0 Å². The fourth-order valence-corrected chi connectivity index (χ4v) is 2.70. The van der Waals surface area contributed by atoms with Gasteiger partial charge in [0.2, 0.25) is 5.95 Å². The second kappa shape index (κ2) is 7.96. The number of nitrogens with two attached hydrogens (primary N) is 2. The fourth-order valence-electron chi connectivity index (χ4n) is 2.70. The lowest BCUT2D eigenvalue weighted by Gasteiger charge is -2.20. The van der Waals surface area contributed by atoms with E-state index in [1.807, 2.05) is 13.0 Å². The largest absolute Gasteiger partial charge is 0.365 e. The van der Waals surface area contributed by atoms with E-state index < -0.39 is 5.91 Å². The molecule has 0 saturated carbocycles. The number of carbonyl (C=O) groups excluding carboxylic acids is 1. The van der Waals surface area contributed by atoms with Gasteiger partial charge in [-0.2, -0.15) is 20.0 Å². The van der Waals surface area contributed by atoms with Crippen molar-refractivity contribution in [1.82, 2.24) is 25.0 Å². The molecule has 1 aliphatic carbocycles. The van der Waals surface area contributed by atoms with E-state index in [0.29, 0.717) is 18.3 Å². The highest BCUT2D eigenvalue weighted by Crippen LogP contribution is 2.26. The summed E-state index contributed by atoms with van der Waals surface area (Å²) in [5.41, 5.74) is 13.0. The number of hydrogen-bond acceptors (Lipinski definition) is 8. The van der Waals surface area contributed by atoms with E-state index in [-0.39, 0.29) is 17.5 Å². The molecular formula is C17H23N9O. The van der Waals surface area contributed by atoms with Crippen molar-refractivity contribution in [1.29, 1.82) is 0 Å². The van der Waals surface area contributed by atoms with Crippen LogP contribution >= 0.6 is 0 Å². The molecule has 0 aliphatic heterocycles.